The van der Waals surface area contributed by atoms with E-state index in [1.54, 1.807) is 24.3 Å². The summed E-state index contributed by atoms with van der Waals surface area (Å²) < 4.78 is 14.4. The molecule has 0 saturated heterocycles. The lowest BCUT2D eigenvalue weighted by molar-refractivity contribution is -0.604. The molecule has 2 N–H and O–H groups in total. The van der Waals surface area contributed by atoms with Crippen molar-refractivity contribution < 1.29 is 13.9 Å². The van der Waals surface area contributed by atoms with Crippen LogP contribution in [0.4, 0.5) is 14.9 Å². The Morgan fingerprint density at radius 1 is 1.27 bits per heavy atom. The van der Waals surface area contributed by atoms with Gasteiger partial charge in [0.2, 0.25) is 6.20 Å². The lowest BCUT2D eigenvalue weighted by Crippen LogP contribution is -2.39. The molecule has 116 valence electrons. The van der Waals surface area contributed by atoms with Gasteiger partial charge in [0, 0.05) is 18.0 Å². The highest BCUT2D eigenvalue weighted by Gasteiger charge is 2.24. The summed E-state index contributed by atoms with van der Waals surface area (Å²) >= 11 is 0. The van der Waals surface area contributed by atoms with Crippen LogP contribution in [0.1, 0.15) is 19.4 Å². The van der Waals surface area contributed by atoms with Gasteiger partial charge in [0.15, 0.2) is 6.20 Å². The number of nitrogens with zero attached hydrogens (tertiary/aromatic N) is 1. The van der Waals surface area contributed by atoms with Gasteiger partial charge in [0.05, 0.1) is 0 Å². The smallest absolute Gasteiger partial charge is 0.319 e. The van der Waals surface area contributed by atoms with Gasteiger partial charge in [-0.2, -0.15) is 4.73 Å². The van der Waals surface area contributed by atoms with E-state index in [-0.39, 0.29) is 12.4 Å². The van der Waals surface area contributed by atoms with E-state index in [1.807, 2.05) is 13.8 Å². The van der Waals surface area contributed by atoms with Crippen LogP contribution in [0.3, 0.4) is 0 Å². The standard InChI is InChI=1S/C16H18FN3O2/c1-16(2,13-7-3-4-8-14(13)17)11-18-15(21)19-12-6-5-9-20(22)10-12/h3-10H,11H2,1-2H3,(H2,18,19,21). The number of rotatable bonds is 4. The van der Waals surface area contributed by atoms with E-state index < -0.39 is 11.4 Å². The van der Waals surface area contributed by atoms with Crippen LogP contribution in [0.25, 0.3) is 0 Å². The Morgan fingerprint density at radius 3 is 2.68 bits per heavy atom. The fourth-order valence-electron chi connectivity index (χ4n) is 2.11. The van der Waals surface area contributed by atoms with E-state index in [1.165, 1.54) is 24.5 Å². The largest absolute Gasteiger partial charge is 0.619 e. The molecule has 0 bridgehead atoms. The molecule has 5 nitrogen and oxygen atoms in total. The van der Waals surface area contributed by atoms with Crippen LogP contribution in [-0.4, -0.2) is 12.6 Å². The Labute approximate surface area is 128 Å². The zero-order valence-electron chi connectivity index (χ0n) is 12.5. The van der Waals surface area contributed by atoms with Crippen LogP contribution in [0, 0.1) is 11.0 Å². The Balaban J connectivity index is 1.97. The minimum Gasteiger partial charge on any atom is -0.619 e. The fourth-order valence-corrected chi connectivity index (χ4v) is 2.11. The van der Waals surface area contributed by atoms with E-state index in [4.69, 9.17) is 0 Å². The van der Waals surface area contributed by atoms with E-state index in [0.29, 0.717) is 16.0 Å². The Morgan fingerprint density at radius 2 is 2.00 bits per heavy atom. The summed E-state index contributed by atoms with van der Waals surface area (Å²) in [4.78, 5) is 11.9. The van der Waals surface area contributed by atoms with Gasteiger partial charge in [-0.15, -0.1) is 0 Å². The number of benzene rings is 1. The third-order valence-electron chi connectivity index (χ3n) is 3.33. The fraction of sp³-hybridized carbons (Fsp3) is 0.250. The van der Waals surface area contributed by atoms with Crippen molar-refractivity contribution in [1.82, 2.24) is 5.32 Å². The number of aromatic nitrogens is 1. The molecule has 1 aromatic heterocycles. The second-order valence-electron chi connectivity index (χ2n) is 5.62. The van der Waals surface area contributed by atoms with Crippen molar-refractivity contribution in [3.05, 3.63) is 65.4 Å². The van der Waals surface area contributed by atoms with Gasteiger partial charge in [-0.3, -0.25) is 0 Å². The molecular weight excluding hydrogens is 285 g/mol. The predicted octanol–water partition coefficient (Wildman–Crippen LogP) is 2.56. The van der Waals surface area contributed by atoms with Crippen molar-refractivity contribution in [2.75, 3.05) is 11.9 Å². The lowest BCUT2D eigenvalue weighted by Gasteiger charge is -2.26. The molecule has 1 heterocycles. The van der Waals surface area contributed by atoms with Crippen molar-refractivity contribution in [2.24, 2.45) is 0 Å². The maximum absolute atomic E-state index is 13.8. The third-order valence-corrected chi connectivity index (χ3v) is 3.33. The molecule has 0 radical (unpaired) electrons. The van der Waals surface area contributed by atoms with Gasteiger partial charge in [-0.05, 0) is 17.7 Å². The molecule has 2 aromatic rings. The summed E-state index contributed by atoms with van der Waals surface area (Å²) in [5.41, 5.74) is 0.365. The number of amides is 2. The first-order valence-corrected chi connectivity index (χ1v) is 6.87. The second-order valence-corrected chi connectivity index (χ2v) is 5.62. The second kappa shape index (κ2) is 6.43. The summed E-state index contributed by atoms with van der Waals surface area (Å²) in [6, 6.07) is 9.18. The van der Waals surface area contributed by atoms with E-state index in [0.717, 1.165) is 0 Å². The quantitative estimate of drug-likeness (QED) is 0.673. The highest BCUT2D eigenvalue weighted by molar-refractivity contribution is 5.88. The molecule has 1 aromatic carbocycles. The molecule has 0 aliphatic heterocycles. The molecule has 22 heavy (non-hydrogen) atoms. The number of anilines is 1. The number of urea groups is 1. The topological polar surface area (TPSA) is 68.1 Å². The first kappa shape index (κ1) is 15.8. The third kappa shape index (κ3) is 3.94. The van der Waals surface area contributed by atoms with Crippen molar-refractivity contribution in [3.8, 4) is 0 Å². The molecule has 0 spiro atoms. The van der Waals surface area contributed by atoms with E-state index in [9.17, 15) is 14.4 Å². The van der Waals surface area contributed by atoms with Crippen LogP contribution in [0.15, 0.2) is 48.8 Å². The van der Waals surface area contributed by atoms with Crippen LogP contribution in [-0.2, 0) is 5.41 Å². The van der Waals surface area contributed by atoms with E-state index >= 15 is 0 Å². The Bertz CT molecular complexity index is 674. The number of pyridine rings is 1. The van der Waals surface area contributed by atoms with Crippen molar-refractivity contribution in [1.29, 1.82) is 0 Å². The maximum atomic E-state index is 13.8. The molecule has 0 atom stereocenters. The number of halogens is 1. The minimum atomic E-state index is -0.558. The average molecular weight is 303 g/mol. The summed E-state index contributed by atoms with van der Waals surface area (Å²) in [6.07, 6.45) is 2.58. The highest BCUT2D eigenvalue weighted by atomic mass is 19.1. The summed E-state index contributed by atoms with van der Waals surface area (Å²) in [6.45, 7) is 3.95. The summed E-state index contributed by atoms with van der Waals surface area (Å²) in [5, 5.41) is 16.4. The molecule has 2 amide bonds. The lowest BCUT2D eigenvalue weighted by atomic mass is 9.84. The number of hydrogen-bond donors (Lipinski definition) is 2. The van der Waals surface area contributed by atoms with Gasteiger partial charge in [-0.1, -0.05) is 32.0 Å². The van der Waals surface area contributed by atoms with Crippen LogP contribution < -0.4 is 15.4 Å². The molecular formula is C16H18FN3O2. The Hall–Kier alpha value is -2.63. The average Bonchev–Trinajstić information content (AvgIpc) is 2.45. The van der Waals surface area contributed by atoms with Crippen LogP contribution in [0.2, 0.25) is 0 Å². The van der Waals surface area contributed by atoms with Crippen LogP contribution >= 0.6 is 0 Å². The van der Waals surface area contributed by atoms with E-state index in [2.05, 4.69) is 10.6 Å². The normalized spacial score (nSPS) is 11.0. The number of carbonyl (C=O) groups is 1. The highest BCUT2D eigenvalue weighted by Crippen LogP contribution is 2.24. The van der Waals surface area contributed by atoms with Crippen LogP contribution in [0.5, 0.6) is 0 Å². The predicted molar refractivity (Wildman–Crippen MR) is 81.8 cm³/mol. The van der Waals surface area contributed by atoms with Crippen molar-refractivity contribution >= 4 is 11.7 Å². The SMILES string of the molecule is CC(C)(CNC(=O)Nc1ccc[n+]([O-])c1)c1ccccc1F. The summed E-state index contributed by atoms with van der Waals surface area (Å²) in [7, 11) is 0. The van der Waals surface area contributed by atoms with Crippen molar-refractivity contribution in [2.45, 2.75) is 19.3 Å². The monoisotopic (exact) mass is 303 g/mol. The van der Waals surface area contributed by atoms with Gasteiger partial charge in [0.1, 0.15) is 11.5 Å². The van der Waals surface area contributed by atoms with Gasteiger partial charge >= 0.3 is 6.03 Å². The van der Waals surface area contributed by atoms with Gasteiger partial charge in [0.25, 0.3) is 0 Å². The van der Waals surface area contributed by atoms with Gasteiger partial charge < -0.3 is 15.8 Å². The zero-order chi connectivity index (χ0) is 16.2. The maximum Gasteiger partial charge on any atom is 0.319 e. The molecule has 0 unspecified atom stereocenters. The minimum absolute atomic E-state index is 0.254. The first-order chi connectivity index (χ1) is 10.4. The molecule has 0 fully saturated rings. The molecule has 2 rings (SSSR count). The zero-order valence-corrected chi connectivity index (χ0v) is 12.5. The Kier molecular flexibility index (Phi) is 4.60. The molecule has 0 aliphatic carbocycles. The molecule has 0 aliphatic rings. The first-order valence-electron chi connectivity index (χ1n) is 6.87. The molecule has 6 heteroatoms. The molecule has 0 saturated carbocycles. The van der Waals surface area contributed by atoms with Gasteiger partial charge in [-0.25, -0.2) is 9.18 Å². The number of carbonyl (C=O) groups excluding carboxylic acids is 1. The van der Waals surface area contributed by atoms with Crippen molar-refractivity contribution in [3.63, 3.8) is 0 Å². The summed E-state index contributed by atoms with van der Waals surface area (Å²) in [5.74, 6) is -0.301. The number of nitrogens with one attached hydrogen (secondary N) is 2. The number of hydrogen-bond acceptors (Lipinski definition) is 2.